The van der Waals surface area contributed by atoms with E-state index in [4.69, 9.17) is 11.6 Å². The number of rotatable bonds is 4. The summed E-state index contributed by atoms with van der Waals surface area (Å²) in [4.78, 5) is 12.3. The lowest BCUT2D eigenvalue weighted by molar-refractivity contribution is 0.787. The zero-order valence-corrected chi connectivity index (χ0v) is 9.65. The zero-order chi connectivity index (χ0) is 11.4. The molecule has 0 amide bonds. The molecule has 0 spiro atoms. The van der Waals surface area contributed by atoms with Gasteiger partial charge in [-0.15, -0.1) is 0 Å². The molecule has 0 radical (unpaired) electrons. The molecule has 2 aromatic rings. The number of nitrogens with one attached hydrogen (secondary N) is 1. The highest BCUT2D eigenvalue weighted by Gasteiger charge is 1.99. The van der Waals surface area contributed by atoms with E-state index >= 15 is 0 Å². The normalized spacial score (nSPS) is 10.4. The fourth-order valence-corrected chi connectivity index (χ4v) is 1.42. The van der Waals surface area contributed by atoms with Crippen LogP contribution in [0.25, 0.3) is 0 Å². The number of aromatic nitrogens is 4. The predicted molar refractivity (Wildman–Crippen MR) is 62.4 cm³/mol. The SMILES string of the molecule is Cn1ccnc1CCNc1ncc(Cl)cn1. The van der Waals surface area contributed by atoms with Gasteiger partial charge < -0.3 is 9.88 Å². The van der Waals surface area contributed by atoms with Gasteiger partial charge in [0.05, 0.1) is 17.4 Å². The number of aryl methyl sites for hydroxylation is 1. The molecule has 0 fully saturated rings. The van der Waals surface area contributed by atoms with Crippen molar-refractivity contribution in [1.29, 1.82) is 0 Å². The van der Waals surface area contributed by atoms with Gasteiger partial charge >= 0.3 is 0 Å². The number of halogens is 1. The van der Waals surface area contributed by atoms with Crippen LogP contribution in [0, 0.1) is 0 Å². The van der Waals surface area contributed by atoms with Crippen molar-refractivity contribution >= 4 is 17.5 Å². The number of hydrogen-bond acceptors (Lipinski definition) is 4. The number of hydrogen-bond donors (Lipinski definition) is 1. The van der Waals surface area contributed by atoms with Crippen molar-refractivity contribution in [3.8, 4) is 0 Å². The fraction of sp³-hybridized carbons (Fsp3) is 0.300. The molecule has 16 heavy (non-hydrogen) atoms. The summed E-state index contributed by atoms with van der Waals surface area (Å²) >= 11 is 5.68. The minimum absolute atomic E-state index is 0.537. The quantitative estimate of drug-likeness (QED) is 0.876. The Balaban J connectivity index is 1.84. The molecule has 2 aromatic heterocycles. The van der Waals surface area contributed by atoms with Gasteiger partial charge in [-0.25, -0.2) is 15.0 Å². The van der Waals surface area contributed by atoms with Crippen LogP contribution in [0.15, 0.2) is 24.8 Å². The Morgan fingerprint density at radius 3 is 2.69 bits per heavy atom. The molecular weight excluding hydrogens is 226 g/mol. The molecule has 1 N–H and O–H groups in total. The highest BCUT2D eigenvalue weighted by molar-refractivity contribution is 6.30. The second-order valence-corrected chi connectivity index (χ2v) is 3.79. The highest BCUT2D eigenvalue weighted by atomic mass is 35.5. The van der Waals surface area contributed by atoms with Gasteiger partial charge in [-0.1, -0.05) is 11.6 Å². The molecule has 0 aliphatic heterocycles. The lowest BCUT2D eigenvalue weighted by Gasteiger charge is -2.04. The van der Waals surface area contributed by atoms with Gasteiger partial charge in [0, 0.05) is 32.4 Å². The van der Waals surface area contributed by atoms with Crippen LogP contribution in [-0.2, 0) is 13.5 Å². The van der Waals surface area contributed by atoms with Gasteiger partial charge in [-0.05, 0) is 0 Å². The molecule has 0 aromatic carbocycles. The average Bonchev–Trinajstić information content (AvgIpc) is 2.68. The van der Waals surface area contributed by atoms with E-state index in [2.05, 4.69) is 20.3 Å². The number of anilines is 1. The smallest absolute Gasteiger partial charge is 0.222 e. The van der Waals surface area contributed by atoms with E-state index in [-0.39, 0.29) is 0 Å². The minimum Gasteiger partial charge on any atom is -0.354 e. The second kappa shape index (κ2) is 4.94. The van der Waals surface area contributed by atoms with Crippen LogP contribution >= 0.6 is 11.6 Å². The van der Waals surface area contributed by atoms with Gasteiger partial charge in [0.2, 0.25) is 5.95 Å². The van der Waals surface area contributed by atoms with Crippen LogP contribution in [0.3, 0.4) is 0 Å². The van der Waals surface area contributed by atoms with Gasteiger partial charge in [0.1, 0.15) is 5.82 Å². The Kier molecular flexibility index (Phi) is 3.36. The average molecular weight is 238 g/mol. The molecular formula is C10H12ClN5. The van der Waals surface area contributed by atoms with Crippen molar-refractivity contribution < 1.29 is 0 Å². The molecule has 0 atom stereocenters. The first-order valence-corrected chi connectivity index (χ1v) is 5.31. The third kappa shape index (κ3) is 2.70. The third-order valence-corrected chi connectivity index (χ3v) is 2.37. The first-order chi connectivity index (χ1) is 7.75. The first kappa shape index (κ1) is 10.9. The molecule has 0 bridgehead atoms. The summed E-state index contributed by atoms with van der Waals surface area (Å²) < 4.78 is 1.99. The Morgan fingerprint density at radius 2 is 2.06 bits per heavy atom. The van der Waals surface area contributed by atoms with E-state index in [0.29, 0.717) is 11.0 Å². The Labute approximate surface area is 98.5 Å². The largest absolute Gasteiger partial charge is 0.354 e. The van der Waals surface area contributed by atoms with Crippen LogP contribution in [-0.4, -0.2) is 26.1 Å². The Hall–Kier alpha value is -1.62. The molecule has 6 heteroatoms. The Bertz CT molecular complexity index is 450. The van der Waals surface area contributed by atoms with E-state index in [1.807, 2.05) is 17.8 Å². The highest BCUT2D eigenvalue weighted by Crippen LogP contribution is 2.05. The summed E-state index contributed by atoms with van der Waals surface area (Å²) in [5.41, 5.74) is 0. The maximum Gasteiger partial charge on any atom is 0.222 e. The van der Waals surface area contributed by atoms with Crippen molar-refractivity contribution in [2.24, 2.45) is 7.05 Å². The standard InChI is InChI=1S/C10H12ClN5/c1-16-5-4-12-9(16)2-3-13-10-14-6-8(11)7-15-10/h4-7H,2-3H2,1H3,(H,13,14,15). The van der Waals surface area contributed by atoms with Gasteiger partial charge in [0.25, 0.3) is 0 Å². The maximum atomic E-state index is 5.68. The molecule has 0 aliphatic carbocycles. The minimum atomic E-state index is 0.537. The van der Waals surface area contributed by atoms with Crippen molar-refractivity contribution in [3.05, 3.63) is 35.6 Å². The van der Waals surface area contributed by atoms with Crippen molar-refractivity contribution in [1.82, 2.24) is 19.5 Å². The van der Waals surface area contributed by atoms with Crippen molar-refractivity contribution in [3.63, 3.8) is 0 Å². The first-order valence-electron chi connectivity index (χ1n) is 4.93. The summed E-state index contributed by atoms with van der Waals surface area (Å²) in [6, 6.07) is 0. The zero-order valence-electron chi connectivity index (χ0n) is 8.89. The summed E-state index contributed by atoms with van der Waals surface area (Å²) in [5, 5.41) is 3.64. The molecule has 0 aliphatic rings. The van der Waals surface area contributed by atoms with Crippen LogP contribution < -0.4 is 5.32 Å². The lowest BCUT2D eigenvalue weighted by Crippen LogP contribution is -2.10. The van der Waals surface area contributed by atoms with Gasteiger partial charge in [-0.3, -0.25) is 0 Å². The summed E-state index contributed by atoms with van der Waals surface area (Å²) in [6.45, 7) is 0.743. The summed E-state index contributed by atoms with van der Waals surface area (Å²) in [5.74, 6) is 1.61. The topological polar surface area (TPSA) is 55.6 Å². The fourth-order valence-electron chi connectivity index (χ4n) is 1.33. The van der Waals surface area contributed by atoms with E-state index in [1.54, 1.807) is 18.6 Å². The van der Waals surface area contributed by atoms with Gasteiger partial charge in [-0.2, -0.15) is 0 Å². The van der Waals surface area contributed by atoms with Crippen molar-refractivity contribution in [2.75, 3.05) is 11.9 Å². The monoisotopic (exact) mass is 237 g/mol. The lowest BCUT2D eigenvalue weighted by atomic mass is 10.4. The van der Waals surface area contributed by atoms with Crippen molar-refractivity contribution in [2.45, 2.75) is 6.42 Å². The van der Waals surface area contributed by atoms with E-state index in [0.717, 1.165) is 18.8 Å². The summed E-state index contributed by atoms with van der Waals surface area (Å²) in [7, 11) is 1.97. The van der Waals surface area contributed by atoms with E-state index < -0.39 is 0 Å². The molecule has 84 valence electrons. The second-order valence-electron chi connectivity index (χ2n) is 3.36. The molecule has 0 saturated carbocycles. The molecule has 2 rings (SSSR count). The predicted octanol–water partition coefficient (Wildman–Crippen LogP) is 1.52. The number of imidazole rings is 1. The van der Waals surface area contributed by atoms with Crippen LogP contribution in [0.1, 0.15) is 5.82 Å². The van der Waals surface area contributed by atoms with Crippen LogP contribution in [0.5, 0.6) is 0 Å². The van der Waals surface area contributed by atoms with Crippen LogP contribution in [0.4, 0.5) is 5.95 Å². The van der Waals surface area contributed by atoms with E-state index in [9.17, 15) is 0 Å². The molecule has 5 nitrogen and oxygen atoms in total. The van der Waals surface area contributed by atoms with E-state index in [1.165, 1.54) is 0 Å². The number of nitrogens with zero attached hydrogens (tertiary/aromatic N) is 4. The summed E-state index contributed by atoms with van der Waals surface area (Å²) in [6.07, 6.45) is 7.67. The van der Waals surface area contributed by atoms with Crippen LogP contribution in [0.2, 0.25) is 5.02 Å². The molecule has 0 unspecified atom stereocenters. The maximum absolute atomic E-state index is 5.68. The molecule has 0 saturated heterocycles. The third-order valence-electron chi connectivity index (χ3n) is 2.17. The van der Waals surface area contributed by atoms with Gasteiger partial charge in [0.15, 0.2) is 0 Å². The molecule has 2 heterocycles. The Morgan fingerprint density at radius 1 is 1.31 bits per heavy atom.